The number of amides is 1. The molecule has 2 N–H and O–H groups in total. The van der Waals surface area contributed by atoms with Crippen molar-refractivity contribution in [1.82, 2.24) is 5.32 Å². The molecule has 1 amide bonds. The lowest BCUT2D eigenvalue weighted by atomic mass is 9.66. The first-order chi connectivity index (χ1) is 10.7. The fourth-order valence-electron chi connectivity index (χ4n) is 3.94. The number of hydrogen-bond acceptors (Lipinski definition) is 3. The summed E-state index contributed by atoms with van der Waals surface area (Å²) < 4.78 is 5.78. The molecule has 1 unspecified atom stereocenters. The molecule has 0 aromatic carbocycles. The lowest BCUT2D eigenvalue weighted by molar-refractivity contribution is -0.157. The van der Waals surface area contributed by atoms with Crippen LogP contribution in [-0.4, -0.2) is 17.0 Å². The molecule has 5 nitrogen and oxygen atoms in total. The quantitative estimate of drug-likeness (QED) is 0.892. The van der Waals surface area contributed by atoms with Crippen molar-refractivity contribution in [2.24, 2.45) is 10.8 Å². The number of fused-ring (bicyclic) bond motifs is 1. The Hall–Kier alpha value is -1.78. The van der Waals surface area contributed by atoms with Crippen LogP contribution in [0.3, 0.4) is 0 Å². The zero-order chi connectivity index (χ0) is 16.8. The molecule has 0 saturated heterocycles. The largest absolute Gasteiger partial charge is 0.481 e. The van der Waals surface area contributed by atoms with Gasteiger partial charge in [0.1, 0.15) is 11.5 Å². The smallest absolute Gasteiger partial charge is 0.310 e. The van der Waals surface area contributed by atoms with E-state index in [-0.39, 0.29) is 23.8 Å². The van der Waals surface area contributed by atoms with E-state index < -0.39 is 11.4 Å². The van der Waals surface area contributed by atoms with E-state index in [0.717, 1.165) is 36.3 Å². The summed E-state index contributed by atoms with van der Waals surface area (Å²) in [5, 5.41) is 12.4. The lowest BCUT2D eigenvalue weighted by Crippen LogP contribution is -2.44. The van der Waals surface area contributed by atoms with E-state index in [1.54, 1.807) is 0 Å². The first-order valence-electron chi connectivity index (χ1n) is 8.33. The van der Waals surface area contributed by atoms with E-state index in [1.807, 2.05) is 13.0 Å². The van der Waals surface area contributed by atoms with Crippen molar-refractivity contribution in [2.75, 3.05) is 0 Å². The summed E-state index contributed by atoms with van der Waals surface area (Å²) in [6.07, 6.45) is 3.86. The number of nitrogens with one attached hydrogen (secondary N) is 1. The summed E-state index contributed by atoms with van der Waals surface area (Å²) in [4.78, 5) is 23.9. The second-order valence-electron chi connectivity index (χ2n) is 8.02. The maximum atomic E-state index is 12.4. The standard InChI is InChI=1S/C18H25NO4/c1-11-7-12-13(8-17(2,3)9-14(12)23-11)19-15(20)10-18(16(21)22)5-4-6-18/h7,13H,4-6,8-10H2,1-3H3,(H,19,20)(H,21,22). The first kappa shape index (κ1) is 16.1. The molecule has 0 spiro atoms. The number of furan rings is 1. The van der Waals surface area contributed by atoms with E-state index in [1.165, 1.54) is 0 Å². The third-order valence-electron chi connectivity index (χ3n) is 5.33. The molecule has 1 saturated carbocycles. The molecule has 2 aliphatic rings. The predicted molar refractivity (Wildman–Crippen MR) is 85.0 cm³/mol. The molecule has 0 aliphatic heterocycles. The van der Waals surface area contributed by atoms with Gasteiger partial charge in [0.25, 0.3) is 0 Å². The molecule has 1 atom stereocenters. The van der Waals surface area contributed by atoms with Crippen LogP contribution in [0.5, 0.6) is 0 Å². The van der Waals surface area contributed by atoms with E-state index in [4.69, 9.17) is 4.42 Å². The molecule has 1 heterocycles. The van der Waals surface area contributed by atoms with Crippen LogP contribution in [0.15, 0.2) is 10.5 Å². The number of carboxylic acids is 1. The summed E-state index contributed by atoms with van der Waals surface area (Å²) in [6.45, 7) is 6.24. The highest BCUT2D eigenvalue weighted by atomic mass is 16.4. The van der Waals surface area contributed by atoms with E-state index in [9.17, 15) is 14.7 Å². The van der Waals surface area contributed by atoms with Crippen molar-refractivity contribution in [3.05, 3.63) is 23.2 Å². The number of carboxylic acid groups (broad SMARTS) is 1. The number of hydrogen-bond donors (Lipinski definition) is 2. The highest BCUT2D eigenvalue weighted by Gasteiger charge is 2.46. The maximum absolute atomic E-state index is 12.4. The minimum atomic E-state index is -0.845. The summed E-state index contributed by atoms with van der Waals surface area (Å²) in [5.74, 6) is 0.788. The van der Waals surface area contributed by atoms with Crippen LogP contribution in [0.2, 0.25) is 0 Å². The van der Waals surface area contributed by atoms with Crippen LogP contribution in [0.4, 0.5) is 0 Å². The number of carbonyl (C=O) groups is 2. The van der Waals surface area contributed by atoms with Crippen molar-refractivity contribution in [3.63, 3.8) is 0 Å². The van der Waals surface area contributed by atoms with Gasteiger partial charge in [0.15, 0.2) is 0 Å². The predicted octanol–water partition coefficient (Wildman–Crippen LogP) is 3.36. The van der Waals surface area contributed by atoms with Crippen LogP contribution in [0.1, 0.15) is 69.1 Å². The third-order valence-corrected chi connectivity index (χ3v) is 5.33. The zero-order valence-electron chi connectivity index (χ0n) is 14.1. The molecule has 1 aromatic heterocycles. The molecule has 0 radical (unpaired) electrons. The van der Waals surface area contributed by atoms with E-state index >= 15 is 0 Å². The van der Waals surface area contributed by atoms with Crippen LogP contribution in [-0.2, 0) is 16.0 Å². The Bertz CT molecular complexity index is 639. The number of aryl methyl sites for hydroxylation is 1. The summed E-state index contributed by atoms with van der Waals surface area (Å²) in [7, 11) is 0. The SMILES string of the molecule is Cc1cc2c(o1)CC(C)(C)CC2NC(=O)CC1(C(=O)O)CCC1. The number of rotatable bonds is 4. The molecule has 2 aliphatic carbocycles. The maximum Gasteiger partial charge on any atom is 0.310 e. The van der Waals surface area contributed by atoms with Gasteiger partial charge in [-0.1, -0.05) is 20.3 Å². The van der Waals surface area contributed by atoms with E-state index in [0.29, 0.717) is 12.8 Å². The van der Waals surface area contributed by atoms with Crippen LogP contribution >= 0.6 is 0 Å². The van der Waals surface area contributed by atoms with Gasteiger partial charge in [0.05, 0.1) is 11.5 Å². The molecule has 5 heteroatoms. The Morgan fingerprint density at radius 3 is 2.65 bits per heavy atom. The van der Waals surface area contributed by atoms with Crippen molar-refractivity contribution < 1.29 is 19.1 Å². The Kier molecular flexibility index (Phi) is 3.77. The van der Waals surface area contributed by atoms with Gasteiger partial charge in [-0.15, -0.1) is 0 Å². The summed E-state index contributed by atoms with van der Waals surface area (Å²) >= 11 is 0. The molecule has 0 bridgehead atoms. The average Bonchev–Trinajstić information content (AvgIpc) is 2.72. The molecule has 3 rings (SSSR count). The molecule has 1 aromatic rings. The molecular formula is C18H25NO4. The van der Waals surface area contributed by atoms with Gasteiger partial charge in [-0.2, -0.15) is 0 Å². The van der Waals surface area contributed by atoms with Gasteiger partial charge in [0, 0.05) is 18.4 Å². The van der Waals surface area contributed by atoms with Gasteiger partial charge >= 0.3 is 5.97 Å². The minimum absolute atomic E-state index is 0.0518. The number of aliphatic carboxylic acids is 1. The number of carbonyl (C=O) groups excluding carboxylic acids is 1. The fourth-order valence-corrected chi connectivity index (χ4v) is 3.94. The molecular weight excluding hydrogens is 294 g/mol. The molecule has 126 valence electrons. The Labute approximate surface area is 136 Å². The van der Waals surface area contributed by atoms with Gasteiger partial charge in [-0.05, 0) is 37.7 Å². The second-order valence-corrected chi connectivity index (χ2v) is 8.02. The monoisotopic (exact) mass is 319 g/mol. The van der Waals surface area contributed by atoms with Crippen molar-refractivity contribution >= 4 is 11.9 Å². The summed E-state index contributed by atoms with van der Waals surface area (Å²) in [6, 6.07) is 1.90. The van der Waals surface area contributed by atoms with Crippen molar-refractivity contribution in [3.8, 4) is 0 Å². The first-order valence-corrected chi connectivity index (χ1v) is 8.33. The molecule has 1 fully saturated rings. The normalized spacial score (nSPS) is 24.4. The average molecular weight is 319 g/mol. The van der Waals surface area contributed by atoms with Gasteiger partial charge in [0.2, 0.25) is 5.91 Å². The Morgan fingerprint density at radius 2 is 2.09 bits per heavy atom. The van der Waals surface area contributed by atoms with Crippen molar-refractivity contribution in [2.45, 2.75) is 65.3 Å². The minimum Gasteiger partial charge on any atom is -0.481 e. The van der Waals surface area contributed by atoms with Crippen LogP contribution in [0, 0.1) is 17.8 Å². The second kappa shape index (κ2) is 5.39. The van der Waals surface area contributed by atoms with Crippen molar-refractivity contribution in [1.29, 1.82) is 0 Å². The van der Waals surface area contributed by atoms with Gasteiger partial charge in [-0.25, -0.2) is 0 Å². The Morgan fingerprint density at radius 1 is 1.39 bits per heavy atom. The third kappa shape index (κ3) is 3.01. The van der Waals surface area contributed by atoms with Crippen LogP contribution in [0.25, 0.3) is 0 Å². The fraction of sp³-hybridized carbons (Fsp3) is 0.667. The topological polar surface area (TPSA) is 79.5 Å². The highest BCUT2D eigenvalue weighted by molar-refractivity contribution is 5.85. The summed E-state index contributed by atoms with van der Waals surface area (Å²) in [5.41, 5.74) is 0.257. The lowest BCUT2D eigenvalue weighted by Gasteiger charge is -2.38. The zero-order valence-corrected chi connectivity index (χ0v) is 14.1. The highest BCUT2D eigenvalue weighted by Crippen LogP contribution is 2.45. The molecule has 23 heavy (non-hydrogen) atoms. The Balaban J connectivity index is 1.74. The van der Waals surface area contributed by atoms with Gasteiger partial charge < -0.3 is 14.8 Å². The van der Waals surface area contributed by atoms with Crippen LogP contribution < -0.4 is 5.32 Å². The van der Waals surface area contributed by atoms with E-state index in [2.05, 4.69) is 19.2 Å². The van der Waals surface area contributed by atoms with Gasteiger partial charge in [-0.3, -0.25) is 9.59 Å².